The number of anilines is 1. The fourth-order valence-electron chi connectivity index (χ4n) is 3.68. The number of carbonyl (C=O) groups excluding carboxylic acids is 1. The number of carbonyl (C=O) groups is 1. The average Bonchev–Trinajstić information content (AvgIpc) is 3.03. The molecule has 5 rings (SSSR count). The molecule has 2 heterocycles. The van der Waals surface area contributed by atoms with E-state index in [1.807, 2.05) is 42.5 Å². The maximum Gasteiger partial charge on any atom is 0.416 e. The monoisotopic (exact) mass is 498 g/mol. The van der Waals surface area contributed by atoms with Crippen molar-refractivity contribution < 1.29 is 18.0 Å². The van der Waals surface area contributed by atoms with E-state index in [-0.39, 0.29) is 12.2 Å². The number of hydrogen-bond donors (Lipinski definition) is 1. The molecule has 0 atom stereocenters. The second-order valence-electron chi connectivity index (χ2n) is 7.26. The zero-order chi connectivity index (χ0) is 22.5. The lowest BCUT2D eigenvalue weighted by atomic mass is 10.2. The Kier molecular flexibility index (Phi) is 4.85. The number of fused-ring (bicyclic) bond motifs is 4. The molecule has 32 heavy (non-hydrogen) atoms. The van der Waals surface area contributed by atoms with Crippen molar-refractivity contribution in [2.45, 2.75) is 12.7 Å². The lowest BCUT2D eigenvalue weighted by Crippen LogP contribution is -2.19. The maximum absolute atomic E-state index is 13.0. The molecule has 0 fully saturated rings. The van der Waals surface area contributed by atoms with Gasteiger partial charge in [0.15, 0.2) is 5.65 Å². The summed E-state index contributed by atoms with van der Waals surface area (Å²) >= 11 is 3.47. The highest BCUT2D eigenvalue weighted by atomic mass is 79.9. The zero-order valence-electron chi connectivity index (χ0n) is 16.3. The predicted molar refractivity (Wildman–Crippen MR) is 120 cm³/mol. The molecule has 0 aliphatic carbocycles. The second kappa shape index (κ2) is 7.59. The Hall–Kier alpha value is -3.46. The van der Waals surface area contributed by atoms with Crippen LogP contribution in [-0.2, 0) is 17.5 Å². The molecule has 0 bridgehead atoms. The topological polar surface area (TPSA) is 59.8 Å². The number of rotatable bonds is 3. The van der Waals surface area contributed by atoms with Crippen molar-refractivity contribution in [3.63, 3.8) is 0 Å². The number of benzene rings is 3. The van der Waals surface area contributed by atoms with Gasteiger partial charge in [0, 0.05) is 15.5 Å². The van der Waals surface area contributed by atoms with E-state index in [9.17, 15) is 18.0 Å². The first-order valence-corrected chi connectivity index (χ1v) is 10.4. The Bertz CT molecular complexity index is 1510. The lowest BCUT2D eigenvalue weighted by Gasteiger charge is -2.11. The summed E-state index contributed by atoms with van der Waals surface area (Å²) in [5.41, 5.74) is 2.58. The van der Waals surface area contributed by atoms with Gasteiger partial charge in [-0.05, 0) is 48.5 Å². The summed E-state index contributed by atoms with van der Waals surface area (Å²) in [6, 6.07) is 17.6. The second-order valence-corrected chi connectivity index (χ2v) is 8.17. The summed E-state index contributed by atoms with van der Waals surface area (Å²) in [5.74, 6) is -0.471. The summed E-state index contributed by atoms with van der Waals surface area (Å²) in [6.45, 7) is -0.134. The molecule has 0 spiro atoms. The molecule has 1 N–H and O–H groups in total. The largest absolute Gasteiger partial charge is 0.416 e. The summed E-state index contributed by atoms with van der Waals surface area (Å²) in [5, 5.41) is 3.37. The third kappa shape index (κ3) is 3.69. The van der Waals surface area contributed by atoms with Crippen LogP contribution in [0.2, 0.25) is 0 Å². The van der Waals surface area contributed by atoms with Crippen LogP contribution in [0.25, 0.3) is 33.1 Å². The highest BCUT2D eigenvalue weighted by molar-refractivity contribution is 9.10. The van der Waals surface area contributed by atoms with Crippen LogP contribution in [0.3, 0.4) is 0 Å². The van der Waals surface area contributed by atoms with E-state index in [0.29, 0.717) is 16.7 Å². The minimum absolute atomic E-state index is 0.0740. The maximum atomic E-state index is 13.0. The van der Waals surface area contributed by atoms with E-state index in [1.54, 1.807) is 4.57 Å². The summed E-state index contributed by atoms with van der Waals surface area (Å²) in [4.78, 5) is 22.2. The normalized spacial score (nSPS) is 12.0. The van der Waals surface area contributed by atoms with Gasteiger partial charge in [-0.15, -0.1) is 0 Å². The standard InChI is InChI=1S/C23H14BrF3N4O/c24-14-8-9-19-16(11-14)21-22(30-18-7-2-1-6-17(18)29-21)31(19)12-20(32)28-15-5-3-4-13(10-15)23(25,26)27/h1-11H,12H2,(H,28,32). The molecule has 1 amide bonds. The first-order valence-electron chi connectivity index (χ1n) is 9.61. The van der Waals surface area contributed by atoms with Gasteiger partial charge in [0.1, 0.15) is 12.1 Å². The Morgan fingerprint density at radius 3 is 2.47 bits per heavy atom. The van der Waals surface area contributed by atoms with Crippen LogP contribution in [0.1, 0.15) is 5.56 Å². The van der Waals surface area contributed by atoms with Gasteiger partial charge in [-0.25, -0.2) is 9.97 Å². The number of aromatic nitrogens is 3. The highest BCUT2D eigenvalue weighted by Gasteiger charge is 2.30. The molecule has 9 heteroatoms. The van der Waals surface area contributed by atoms with Gasteiger partial charge < -0.3 is 9.88 Å². The molecule has 2 aromatic heterocycles. The number of alkyl halides is 3. The van der Waals surface area contributed by atoms with E-state index in [0.717, 1.165) is 33.0 Å². The number of amides is 1. The predicted octanol–water partition coefficient (Wildman–Crippen LogP) is 6.16. The molecule has 0 saturated heterocycles. The SMILES string of the molecule is O=C(Cn1c2ccc(Br)cc2c2nc3ccccc3nc21)Nc1cccc(C(F)(F)F)c1. The van der Waals surface area contributed by atoms with Crippen LogP contribution in [0.15, 0.2) is 71.2 Å². The van der Waals surface area contributed by atoms with Gasteiger partial charge in [-0.3, -0.25) is 4.79 Å². The number of nitrogens with one attached hydrogen (secondary N) is 1. The number of nitrogens with zero attached hydrogens (tertiary/aromatic N) is 3. The quantitative estimate of drug-likeness (QED) is 0.324. The third-order valence-electron chi connectivity index (χ3n) is 5.09. The van der Waals surface area contributed by atoms with Gasteiger partial charge in [-0.1, -0.05) is 34.1 Å². The number of hydrogen-bond acceptors (Lipinski definition) is 3. The van der Waals surface area contributed by atoms with Crippen LogP contribution >= 0.6 is 15.9 Å². The van der Waals surface area contributed by atoms with Crippen LogP contribution in [0.5, 0.6) is 0 Å². The van der Waals surface area contributed by atoms with Gasteiger partial charge >= 0.3 is 6.18 Å². The number of para-hydroxylation sites is 2. The molecule has 0 saturated carbocycles. The summed E-state index contributed by atoms with van der Waals surface area (Å²) in [7, 11) is 0. The van der Waals surface area contributed by atoms with Gasteiger partial charge in [0.05, 0.1) is 22.1 Å². The molecule has 0 radical (unpaired) electrons. The van der Waals surface area contributed by atoms with Crippen molar-refractivity contribution in [1.82, 2.24) is 14.5 Å². The van der Waals surface area contributed by atoms with E-state index in [4.69, 9.17) is 9.97 Å². The molecule has 0 aliphatic heterocycles. The Morgan fingerprint density at radius 2 is 1.72 bits per heavy atom. The van der Waals surface area contributed by atoms with Gasteiger partial charge in [0.2, 0.25) is 5.91 Å². The van der Waals surface area contributed by atoms with Crippen molar-refractivity contribution in [2.75, 3.05) is 5.32 Å². The molecule has 3 aromatic carbocycles. The average molecular weight is 499 g/mol. The van der Waals surface area contributed by atoms with Crippen LogP contribution in [0, 0.1) is 0 Å². The first-order chi connectivity index (χ1) is 15.3. The Labute approximate surface area is 188 Å². The molecular formula is C23H14BrF3N4O. The number of halogens is 4. The minimum atomic E-state index is -4.49. The van der Waals surface area contributed by atoms with Crippen molar-refractivity contribution >= 4 is 60.6 Å². The molecular weight excluding hydrogens is 485 g/mol. The van der Waals surface area contributed by atoms with E-state index >= 15 is 0 Å². The summed E-state index contributed by atoms with van der Waals surface area (Å²) in [6.07, 6.45) is -4.49. The van der Waals surface area contributed by atoms with Crippen molar-refractivity contribution in [1.29, 1.82) is 0 Å². The van der Waals surface area contributed by atoms with Crippen molar-refractivity contribution in [2.24, 2.45) is 0 Å². The molecule has 0 unspecified atom stereocenters. The van der Waals surface area contributed by atoms with Crippen molar-refractivity contribution in [3.05, 3.63) is 76.8 Å². The van der Waals surface area contributed by atoms with Gasteiger partial charge in [0.25, 0.3) is 0 Å². The van der Waals surface area contributed by atoms with E-state index in [2.05, 4.69) is 21.2 Å². The van der Waals surface area contributed by atoms with E-state index in [1.165, 1.54) is 12.1 Å². The van der Waals surface area contributed by atoms with Crippen molar-refractivity contribution in [3.8, 4) is 0 Å². The van der Waals surface area contributed by atoms with Crippen LogP contribution in [0.4, 0.5) is 18.9 Å². The molecule has 5 aromatic rings. The zero-order valence-corrected chi connectivity index (χ0v) is 17.9. The van der Waals surface area contributed by atoms with Gasteiger partial charge in [-0.2, -0.15) is 13.2 Å². The fourth-order valence-corrected chi connectivity index (χ4v) is 4.05. The Balaban J connectivity index is 1.57. The van der Waals surface area contributed by atoms with E-state index < -0.39 is 17.6 Å². The third-order valence-corrected chi connectivity index (χ3v) is 5.58. The first kappa shape index (κ1) is 20.4. The minimum Gasteiger partial charge on any atom is -0.325 e. The fraction of sp³-hybridized carbons (Fsp3) is 0.0870. The van der Waals surface area contributed by atoms with Crippen LogP contribution in [-0.4, -0.2) is 20.4 Å². The Morgan fingerprint density at radius 1 is 0.969 bits per heavy atom. The molecule has 5 nitrogen and oxygen atoms in total. The van der Waals surface area contributed by atoms with Crippen LogP contribution < -0.4 is 5.32 Å². The molecule has 0 aliphatic rings. The summed E-state index contributed by atoms with van der Waals surface area (Å²) < 4.78 is 41.5. The highest BCUT2D eigenvalue weighted by Crippen LogP contribution is 2.32. The lowest BCUT2D eigenvalue weighted by molar-refractivity contribution is -0.137. The molecule has 160 valence electrons. The smallest absolute Gasteiger partial charge is 0.325 e.